The zero-order chi connectivity index (χ0) is 15.4. The van der Waals surface area contributed by atoms with Crippen molar-refractivity contribution >= 4 is 33.2 Å². The fourth-order valence-electron chi connectivity index (χ4n) is 1.91. The minimum absolute atomic E-state index is 0.160. The minimum atomic E-state index is -2.85. The molecular formula is C15H13BrClF2NO. The van der Waals surface area contributed by atoms with E-state index in [0.717, 1.165) is 15.7 Å². The van der Waals surface area contributed by atoms with E-state index in [9.17, 15) is 8.78 Å². The van der Waals surface area contributed by atoms with Gasteiger partial charge in [-0.1, -0.05) is 27.5 Å². The molecule has 0 saturated heterocycles. The van der Waals surface area contributed by atoms with Gasteiger partial charge in [-0.05, 0) is 48.9 Å². The first-order valence-electron chi connectivity index (χ1n) is 6.19. The van der Waals surface area contributed by atoms with E-state index in [1.807, 2.05) is 19.1 Å². The van der Waals surface area contributed by atoms with Gasteiger partial charge in [0.1, 0.15) is 5.75 Å². The van der Waals surface area contributed by atoms with Crippen molar-refractivity contribution in [1.82, 2.24) is 0 Å². The zero-order valence-electron chi connectivity index (χ0n) is 11.2. The van der Waals surface area contributed by atoms with Gasteiger partial charge >= 0.3 is 6.61 Å². The van der Waals surface area contributed by atoms with Gasteiger partial charge in [-0.25, -0.2) is 0 Å². The summed E-state index contributed by atoms with van der Waals surface area (Å²) in [5.41, 5.74) is 2.51. The average molecular weight is 377 g/mol. The van der Waals surface area contributed by atoms with Crippen LogP contribution in [0.25, 0.3) is 0 Å². The summed E-state index contributed by atoms with van der Waals surface area (Å²) < 4.78 is 30.1. The summed E-state index contributed by atoms with van der Waals surface area (Å²) in [4.78, 5) is 0. The number of hydrogen-bond acceptors (Lipinski definition) is 2. The highest BCUT2D eigenvalue weighted by atomic mass is 79.9. The number of alkyl halides is 2. The Balaban J connectivity index is 2.16. The number of benzene rings is 2. The first-order valence-corrected chi connectivity index (χ1v) is 7.36. The Bertz CT molecular complexity index is 637. The lowest BCUT2D eigenvalue weighted by Crippen LogP contribution is -2.07. The van der Waals surface area contributed by atoms with E-state index in [4.69, 9.17) is 11.6 Å². The van der Waals surface area contributed by atoms with Gasteiger partial charge in [-0.15, -0.1) is 0 Å². The van der Waals surface area contributed by atoms with Crippen LogP contribution in [0.2, 0.25) is 5.02 Å². The summed E-state index contributed by atoms with van der Waals surface area (Å²) in [5.74, 6) is 0.160. The molecule has 0 radical (unpaired) electrons. The summed E-state index contributed by atoms with van der Waals surface area (Å²) in [6, 6.07) is 10.4. The predicted octanol–water partition coefficient (Wildman–Crippen LogP) is 5.62. The molecule has 112 valence electrons. The van der Waals surface area contributed by atoms with Crippen LogP contribution >= 0.6 is 27.5 Å². The summed E-state index contributed by atoms with van der Waals surface area (Å²) >= 11 is 9.22. The van der Waals surface area contributed by atoms with Crippen LogP contribution in [-0.4, -0.2) is 6.61 Å². The first kappa shape index (κ1) is 16.0. The molecular weight excluding hydrogens is 364 g/mol. The molecule has 0 aliphatic carbocycles. The Morgan fingerprint density at radius 3 is 2.67 bits per heavy atom. The quantitative estimate of drug-likeness (QED) is 0.731. The Hall–Kier alpha value is -1.33. The molecule has 0 aliphatic rings. The van der Waals surface area contributed by atoms with Gasteiger partial charge in [0.25, 0.3) is 0 Å². The van der Waals surface area contributed by atoms with Gasteiger partial charge < -0.3 is 10.1 Å². The Kier molecular flexibility index (Phi) is 5.42. The number of hydrogen-bond donors (Lipinski definition) is 1. The predicted molar refractivity (Wildman–Crippen MR) is 84.3 cm³/mol. The van der Waals surface area contributed by atoms with Crippen molar-refractivity contribution in [3.8, 4) is 5.75 Å². The smallest absolute Gasteiger partial charge is 0.387 e. The molecule has 0 bridgehead atoms. The van der Waals surface area contributed by atoms with Gasteiger partial charge in [-0.2, -0.15) is 8.78 Å². The van der Waals surface area contributed by atoms with Crippen molar-refractivity contribution in [1.29, 1.82) is 0 Å². The summed E-state index contributed by atoms with van der Waals surface area (Å²) in [5, 5.41) is 3.85. The molecule has 6 heteroatoms. The van der Waals surface area contributed by atoms with Crippen molar-refractivity contribution in [3.63, 3.8) is 0 Å². The van der Waals surface area contributed by atoms with Gasteiger partial charge in [0.05, 0.1) is 0 Å². The third-order valence-corrected chi connectivity index (χ3v) is 3.62. The third-order valence-electron chi connectivity index (χ3n) is 2.90. The lowest BCUT2D eigenvalue weighted by Gasteiger charge is -2.14. The van der Waals surface area contributed by atoms with E-state index >= 15 is 0 Å². The topological polar surface area (TPSA) is 21.3 Å². The van der Waals surface area contributed by atoms with Crippen LogP contribution in [0.4, 0.5) is 14.5 Å². The molecule has 0 aliphatic heterocycles. The average Bonchev–Trinajstić information content (AvgIpc) is 2.40. The van der Waals surface area contributed by atoms with Crippen molar-refractivity contribution < 1.29 is 13.5 Å². The number of rotatable bonds is 5. The summed E-state index contributed by atoms with van der Waals surface area (Å²) in [6.07, 6.45) is 0. The Labute approximate surface area is 135 Å². The molecule has 0 aromatic heterocycles. The molecule has 0 spiro atoms. The molecule has 1 N–H and O–H groups in total. The van der Waals surface area contributed by atoms with Crippen LogP contribution in [0.1, 0.15) is 11.1 Å². The van der Waals surface area contributed by atoms with E-state index in [-0.39, 0.29) is 5.75 Å². The normalized spacial score (nSPS) is 10.8. The van der Waals surface area contributed by atoms with Crippen molar-refractivity contribution in [2.45, 2.75) is 20.1 Å². The van der Waals surface area contributed by atoms with Crippen LogP contribution in [0.15, 0.2) is 40.9 Å². The molecule has 2 rings (SSSR count). The van der Waals surface area contributed by atoms with Crippen molar-refractivity contribution in [3.05, 3.63) is 57.0 Å². The number of halogens is 4. The summed E-state index contributed by atoms with van der Waals surface area (Å²) in [7, 11) is 0. The number of aryl methyl sites for hydroxylation is 1. The highest BCUT2D eigenvalue weighted by Gasteiger charge is 2.10. The van der Waals surface area contributed by atoms with Crippen LogP contribution in [-0.2, 0) is 6.54 Å². The lowest BCUT2D eigenvalue weighted by molar-refractivity contribution is -0.0504. The van der Waals surface area contributed by atoms with Crippen molar-refractivity contribution in [2.24, 2.45) is 0 Å². The summed E-state index contributed by atoms with van der Waals surface area (Å²) in [6.45, 7) is -0.558. The second-order valence-electron chi connectivity index (χ2n) is 4.44. The monoisotopic (exact) mass is 375 g/mol. The van der Waals surface area contributed by atoms with E-state index in [1.54, 1.807) is 18.2 Å². The minimum Gasteiger partial charge on any atom is -0.434 e. The molecule has 0 amide bonds. The second kappa shape index (κ2) is 7.09. The Morgan fingerprint density at radius 1 is 1.24 bits per heavy atom. The number of ether oxygens (including phenoxy) is 1. The number of nitrogens with one attached hydrogen (secondary N) is 1. The van der Waals surface area contributed by atoms with Crippen LogP contribution in [0, 0.1) is 6.92 Å². The Morgan fingerprint density at radius 2 is 2.00 bits per heavy atom. The maximum absolute atomic E-state index is 12.4. The largest absolute Gasteiger partial charge is 0.434 e. The lowest BCUT2D eigenvalue weighted by atomic mass is 10.1. The molecule has 21 heavy (non-hydrogen) atoms. The molecule has 2 nitrogen and oxygen atoms in total. The zero-order valence-corrected chi connectivity index (χ0v) is 13.5. The van der Waals surface area contributed by atoms with E-state index in [0.29, 0.717) is 17.1 Å². The fraction of sp³-hybridized carbons (Fsp3) is 0.200. The molecule has 0 saturated carbocycles. The van der Waals surface area contributed by atoms with Crippen LogP contribution in [0.3, 0.4) is 0 Å². The van der Waals surface area contributed by atoms with Gasteiger partial charge in [0.15, 0.2) is 0 Å². The second-order valence-corrected chi connectivity index (χ2v) is 5.80. The molecule has 2 aromatic carbocycles. The highest BCUT2D eigenvalue weighted by Crippen LogP contribution is 2.27. The molecule has 0 atom stereocenters. The van der Waals surface area contributed by atoms with E-state index in [1.165, 1.54) is 6.07 Å². The van der Waals surface area contributed by atoms with E-state index in [2.05, 4.69) is 26.0 Å². The van der Waals surface area contributed by atoms with Gasteiger partial charge in [0, 0.05) is 27.3 Å². The SMILES string of the molecule is Cc1cc(Cl)ccc1NCc1cc(Br)ccc1OC(F)F. The first-order chi connectivity index (χ1) is 9.95. The van der Waals surface area contributed by atoms with Crippen LogP contribution in [0.5, 0.6) is 5.75 Å². The molecule has 0 heterocycles. The highest BCUT2D eigenvalue weighted by molar-refractivity contribution is 9.10. The maximum Gasteiger partial charge on any atom is 0.387 e. The molecule has 2 aromatic rings. The molecule has 0 unspecified atom stereocenters. The van der Waals surface area contributed by atoms with Gasteiger partial charge in [-0.3, -0.25) is 0 Å². The van der Waals surface area contributed by atoms with Crippen molar-refractivity contribution in [2.75, 3.05) is 5.32 Å². The van der Waals surface area contributed by atoms with E-state index < -0.39 is 6.61 Å². The maximum atomic E-state index is 12.4. The fourth-order valence-corrected chi connectivity index (χ4v) is 2.55. The van der Waals surface area contributed by atoms with Crippen LogP contribution < -0.4 is 10.1 Å². The van der Waals surface area contributed by atoms with Gasteiger partial charge in [0.2, 0.25) is 0 Å². The standard InChI is InChI=1S/C15H13BrClF2NO/c1-9-6-12(17)3-4-13(9)20-8-10-7-11(16)2-5-14(10)21-15(18)19/h2-7,15,20H,8H2,1H3. The third kappa shape index (κ3) is 4.58. The number of anilines is 1. The molecule has 0 fully saturated rings.